The van der Waals surface area contributed by atoms with Gasteiger partial charge in [0.05, 0.1) is 6.61 Å². The van der Waals surface area contributed by atoms with Crippen molar-refractivity contribution < 1.29 is 17.9 Å². The number of nitrogens with one attached hydrogen (secondary N) is 2. The number of rotatable bonds is 8. The van der Waals surface area contributed by atoms with E-state index in [9.17, 15) is 13.2 Å². The fourth-order valence-electron chi connectivity index (χ4n) is 2.28. The zero-order valence-electron chi connectivity index (χ0n) is 15.0. The van der Waals surface area contributed by atoms with E-state index in [4.69, 9.17) is 4.74 Å². The van der Waals surface area contributed by atoms with Crippen LogP contribution in [0.5, 0.6) is 5.75 Å². The molecule has 0 bridgehead atoms. The smallest absolute Gasteiger partial charge is 0.270 e. The van der Waals surface area contributed by atoms with Gasteiger partial charge in [-0.15, -0.1) is 10.2 Å². The summed E-state index contributed by atoms with van der Waals surface area (Å²) in [5.74, 6) is 0.280. The standard InChI is InChI=1S/C18H18N4O4S2/c1-2-26-15-10-6-7-13(11-15)12-19-28(24,25)18-22-21-17(27-18)20-16(23)14-8-4-3-5-9-14/h3-11,19H,2,12H2,1H3,(H,20,21,23). The van der Waals surface area contributed by atoms with Gasteiger partial charge in [0.25, 0.3) is 15.9 Å². The molecular formula is C18H18N4O4S2. The van der Waals surface area contributed by atoms with Gasteiger partial charge in [0.2, 0.25) is 9.47 Å². The largest absolute Gasteiger partial charge is 0.494 e. The molecule has 0 saturated heterocycles. The van der Waals surface area contributed by atoms with Crippen molar-refractivity contribution in [1.82, 2.24) is 14.9 Å². The Bertz CT molecular complexity index is 1050. The van der Waals surface area contributed by atoms with Crippen molar-refractivity contribution in [1.29, 1.82) is 0 Å². The van der Waals surface area contributed by atoms with Crippen molar-refractivity contribution in [2.45, 2.75) is 17.8 Å². The van der Waals surface area contributed by atoms with E-state index in [2.05, 4.69) is 20.2 Å². The molecular weight excluding hydrogens is 400 g/mol. The molecule has 0 aliphatic carbocycles. The van der Waals surface area contributed by atoms with E-state index in [1.54, 1.807) is 54.6 Å². The van der Waals surface area contributed by atoms with Crippen LogP contribution >= 0.6 is 11.3 Å². The number of carbonyl (C=O) groups excluding carboxylic acids is 1. The molecule has 0 radical (unpaired) electrons. The fraction of sp³-hybridized carbons (Fsp3) is 0.167. The van der Waals surface area contributed by atoms with Crippen LogP contribution in [-0.2, 0) is 16.6 Å². The van der Waals surface area contributed by atoms with Crippen LogP contribution in [-0.4, -0.2) is 31.1 Å². The maximum absolute atomic E-state index is 12.4. The lowest BCUT2D eigenvalue weighted by Crippen LogP contribution is -2.23. The van der Waals surface area contributed by atoms with Gasteiger partial charge >= 0.3 is 0 Å². The van der Waals surface area contributed by atoms with E-state index in [1.807, 2.05) is 6.92 Å². The molecule has 0 unspecified atom stereocenters. The van der Waals surface area contributed by atoms with Crippen LogP contribution in [0.25, 0.3) is 0 Å². The summed E-state index contributed by atoms with van der Waals surface area (Å²) in [5.41, 5.74) is 1.19. The monoisotopic (exact) mass is 418 g/mol. The van der Waals surface area contributed by atoms with E-state index in [1.165, 1.54) is 0 Å². The van der Waals surface area contributed by atoms with Crippen LogP contribution in [0.15, 0.2) is 58.9 Å². The highest BCUT2D eigenvalue weighted by atomic mass is 32.2. The quantitative estimate of drug-likeness (QED) is 0.544. The fourth-order valence-corrected chi connectivity index (χ4v) is 4.23. The summed E-state index contributed by atoms with van der Waals surface area (Å²) in [4.78, 5) is 12.1. The normalized spacial score (nSPS) is 11.2. The molecule has 0 aliphatic heterocycles. The minimum absolute atomic E-state index is 0.0779. The molecule has 2 N–H and O–H groups in total. The first-order chi connectivity index (χ1) is 13.5. The highest BCUT2D eigenvalue weighted by Crippen LogP contribution is 2.21. The molecule has 8 nitrogen and oxygen atoms in total. The second kappa shape index (κ2) is 8.91. The molecule has 0 spiro atoms. The van der Waals surface area contributed by atoms with Crippen LogP contribution in [0.2, 0.25) is 0 Å². The SMILES string of the molecule is CCOc1cccc(CNS(=O)(=O)c2nnc(NC(=O)c3ccccc3)s2)c1. The van der Waals surface area contributed by atoms with Gasteiger partial charge in [-0.2, -0.15) is 0 Å². The number of sulfonamides is 1. The molecule has 0 aliphatic rings. The summed E-state index contributed by atoms with van der Waals surface area (Å²) in [7, 11) is -3.86. The number of nitrogens with zero attached hydrogens (tertiary/aromatic N) is 2. The van der Waals surface area contributed by atoms with Crippen LogP contribution in [0, 0.1) is 0 Å². The minimum Gasteiger partial charge on any atom is -0.494 e. The van der Waals surface area contributed by atoms with Crippen molar-refractivity contribution in [3.8, 4) is 5.75 Å². The highest BCUT2D eigenvalue weighted by molar-refractivity contribution is 7.91. The second-order valence-electron chi connectivity index (χ2n) is 5.60. The Kier molecular flexibility index (Phi) is 6.34. The maximum atomic E-state index is 12.4. The van der Waals surface area contributed by atoms with Gasteiger partial charge in [-0.3, -0.25) is 10.1 Å². The number of amides is 1. The average Bonchev–Trinajstić information content (AvgIpc) is 3.17. The predicted molar refractivity (Wildman–Crippen MR) is 106 cm³/mol. The first kappa shape index (κ1) is 19.9. The molecule has 2 aromatic carbocycles. The predicted octanol–water partition coefficient (Wildman–Crippen LogP) is 2.67. The van der Waals surface area contributed by atoms with Crippen LogP contribution < -0.4 is 14.8 Å². The summed E-state index contributed by atoms with van der Waals surface area (Å²) in [6.45, 7) is 2.48. The molecule has 1 heterocycles. The van der Waals surface area contributed by atoms with Crippen molar-refractivity contribution in [2.24, 2.45) is 0 Å². The van der Waals surface area contributed by atoms with E-state index in [-0.39, 0.29) is 21.9 Å². The summed E-state index contributed by atoms with van der Waals surface area (Å²) in [5, 5.41) is 10.1. The third-order valence-electron chi connectivity index (χ3n) is 3.57. The second-order valence-corrected chi connectivity index (χ2v) is 8.52. The summed E-state index contributed by atoms with van der Waals surface area (Å²) in [6.07, 6.45) is 0. The van der Waals surface area contributed by atoms with Crippen molar-refractivity contribution in [3.63, 3.8) is 0 Å². The molecule has 0 saturated carbocycles. The topological polar surface area (TPSA) is 110 Å². The van der Waals surface area contributed by atoms with E-state index in [0.29, 0.717) is 17.9 Å². The molecule has 10 heteroatoms. The number of benzene rings is 2. The first-order valence-corrected chi connectivity index (χ1v) is 10.7. The van der Waals surface area contributed by atoms with Gasteiger partial charge in [0.1, 0.15) is 5.75 Å². The van der Waals surface area contributed by atoms with Crippen molar-refractivity contribution in [2.75, 3.05) is 11.9 Å². The Morgan fingerprint density at radius 3 is 2.64 bits per heavy atom. The zero-order chi connectivity index (χ0) is 20.0. The Hall–Kier alpha value is -2.82. The van der Waals surface area contributed by atoms with E-state index < -0.39 is 10.0 Å². The highest BCUT2D eigenvalue weighted by Gasteiger charge is 2.21. The lowest BCUT2D eigenvalue weighted by Gasteiger charge is -2.07. The molecule has 1 aromatic heterocycles. The van der Waals surface area contributed by atoms with E-state index in [0.717, 1.165) is 16.9 Å². The summed E-state index contributed by atoms with van der Waals surface area (Å²) >= 11 is 0.780. The maximum Gasteiger partial charge on any atom is 0.270 e. The van der Waals surface area contributed by atoms with Crippen molar-refractivity contribution in [3.05, 3.63) is 65.7 Å². The Morgan fingerprint density at radius 1 is 1.11 bits per heavy atom. The zero-order valence-corrected chi connectivity index (χ0v) is 16.6. The van der Waals surface area contributed by atoms with Crippen LogP contribution in [0.1, 0.15) is 22.8 Å². The molecule has 28 heavy (non-hydrogen) atoms. The van der Waals surface area contributed by atoms with Crippen LogP contribution in [0.3, 0.4) is 0 Å². The van der Waals surface area contributed by atoms with Gasteiger partial charge in [-0.05, 0) is 36.8 Å². The minimum atomic E-state index is -3.86. The Labute approximate surface area is 166 Å². The molecule has 1 amide bonds. The van der Waals surface area contributed by atoms with Gasteiger partial charge in [0.15, 0.2) is 0 Å². The van der Waals surface area contributed by atoms with Gasteiger partial charge in [-0.25, -0.2) is 13.1 Å². The van der Waals surface area contributed by atoms with E-state index >= 15 is 0 Å². The lowest BCUT2D eigenvalue weighted by molar-refractivity contribution is 0.102. The third kappa shape index (κ3) is 5.12. The van der Waals surface area contributed by atoms with Gasteiger partial charge < -0.3 is 4.74 Å². The third-order valence-corrected chi connectivity index (χ3v) is 6.18. The molecule has 0 fully saturated rings. The summed E-state index contributed by atoms with van der Waals surface area (Å²) in [6, 6.07) is 15.7. The Balaban J connectivity index is 1.64. The van der Waals surface area contributed by atoms with Gasteiger partial charge in [0, 0.05) is 12.1 Å². The van der Waals surface area contributed by atoms with Crippen molar-refractivity contribution >= 4 is 32.4 Å². The first-order valence-electron chi connectivity index (χ1n) is 8.39. The average molecular weight is 419 g/mol. The number of anilines is 1. The number of ether oxygens (including phenoxy) is 1. The number of aromatic nitrogens is 2. The lowest BCUT2D eigenvalue weighted by atomic mass is 10.2. The van der Waals surface area contributed by atoms with Gasteiger partial charge in [-0.1, -0.05) is 41.7 Å². The molecule has 0 atom stereocenters. The summed E-state index contributed by atoms with van der Waals surface area (Å²) < 4.78 is 32.5. The number of hydrogen-bond acceptors (Lipinski definition) is 7. The van der Waals surface area contributed by atoms with Crippen LogP contribution in [0.4, 0.5) is 5.13 Å². The number of hydrogen-bond donors (Lipinski definition) is 2. The molecule has 3 aromatic rings. The molecule has 3 rings (SSSR count). The number of carbonyl (C=O) groups is 1. The Morgan fingerprint density at radius 2 is 1.89 bits per heavy atom. The molecule has 146 valence electrons.